The number of hydrogen-bond donors (Lipinski definition) is 2. The van der Waals surface area contributed by atoms with Gasteiger partial charge in [-0.25, -0.2) is 0 Å². The predicted molar refractivity (Wildman–Crippen MR) is 63.1 cm³/mol. The summed E-state index contributed by atoms with van der Waals surface area (Å²) in [5.41, 5.74) is -0.831. The normalized spacial score (nSPS) is 32.2. The van der Waals surface area contributed by atoms with Crippen molar-refractivity contribution in [2.24, 2.45) is 0 Å². The molecule has 3 rings (SSSR count). The average molecular weight is 214 g/mol. The smallest absolute Gasteiger partial charge is 0.120 e. The third-order valence-corrected chi connectivity index (χ3v) is 3.90. The van der Waals surface area contributed by atoms with Crippen LogP contribution in [-0.2, 0) is 11.2 Å². The summed E-state index contributed by atoms with van der Waals surface area (Å²) < 4.78 is 0. The van der Waals surface area contributed by atoms with Gasteiger partial charge in [-0.1, -0.05) is 36.4 Å². The summed E-state index contributed by atoms with van der Waals surface area (Å²) in [6, 6.07) is 11.6. The Labute approximate surface area is 94.2 Å². The van der Waals surface area contributed by atoms with Crippen molar-refractivity contribution in [2.75, 3.05) is 0 Å². The topological polar surface area (TPSA) is 40.5 Å². The SMILES string of the molecule is C[C@]1(O)c2cccc3cccc(c23)[C@@]1(C)O. The van der Waals surface area contributed by atoms with Crippen LogP contribution in [0.2, 0.25) is 0 Å². The lowest BCUT2D eigenvalue weighted by Gasteiger charge is -2.33. The third-order valence-electron chi connectivity index (χ3n) is 3.90. The van der Waals surface area contributed by atoms with Crippen molar-refractivity contribution >= 4 is 10.8 Å². The zero-order valence-corrected chi connectivity index (χ0v) is 9.36. The van der Waals surface area contributed by atoms with Crippen LogP contribution in [0.1, 0.15) is 25.0 Å². The lowest BCUT2D eigenvalue weighted by Crippen LogP contribution is -2.40. The summed E-state index contributed by atoms with van der Waals surface area (Å²) >= 11 is 0. The molecule has 16 heavy (non-hydrogen) atoms. The van der Waals surface area contributed by atoms with E-state index in [9.17, 15) is 10.2 Å². The van der Waals surface area contributed by atoms with Crippen LogP contribution in [0.15, 0.2) is 36.4 Å². The van der Waals surface area contributed by atoms with Crippen molar-refractivity contribution in [3.05, 3.63) is 47.5 Å². The first-order chi connectivity index (χ1) is 7.46. The van der Waals surface area contributed by atoms with E-state index in [-0.39, 0.29) is 0 Å². The van der Waals surface area contributed by atoms with Crippen LogP contribution in [0.4, 0.5) is 0 Å². The Morgan fingerprint density at radius 2 is 1.25 bits per heavy atom. The molecule has 0 aromatic heterocycles. The van der Waals surface area contributed by atoms with E-state index in [1.54, 1.807) is 13.8 Å². The predicted octanol–water partition coefficient (Wildman–Crippen LogP) is 2.27. The Kier molecular flexibility index (Phi) is 1.63. The van der Waals surface area contributed by atoms with E-state index in [2.05, 4.69) is 0 Å². The van der Waals surface area contributed by atoms with Crippen LogP contribution in [0.5, 0.6) is 0 Å². The third kappa shape index (κ3) is 0.896. The van der Waals surface area contributed by atoms with Gasteiger partial charge in [0.1, 0.15) is 11.2 Å². The van der Waals surface area contributed by atoms with E-state index < -0.39 is 11.2 Å². The highest BCUT2D eigenvalue weighted by Gasteiger charge is 2.51. The molecule has 0 heterocycles. The molecular formula is C14H14O2. The molecule has 2 aromatic rings. The lowest BCUT2D eigenvalue weighted by molar-refractivity contribution is -0.135. The standard InChI is InChI=1S/C14H14O2/c1-13(15)10-7-3-5-9-6-4-8-11(12(9)10)14(13,2)16/h3-8,15-16H,1-2H3/t13-,14+. The first kappa shape index (κ1) is 9.82. The van der Waals surface area contributed by atoms with Gasteiger partial charge in [0.05, 0.1) is 0 Å². The van der Waals surface area contributed by atoms with Crippen molar-refractivity contribution in [1.29, 1.82) is 0 Å². The summed E-state index contributed by atoms with van der Waals surface area (Å²) in [5.74, 6) is 0. The molecule has 0 saturated heterocycles. The second kappa shape index (κ2) is 2.65. The van der Waals surface area contributed by atoms with Gasteiger partial charge in [0.2, 0.25) is 0 Å². The number of aliphatic hydroxyl groups is 2. The van der Waals surface area contributed by atoms with E-state index in [4.69, 9.17) is 0 Å². The van der Waals surface area contributed by atoms with Crippen LogP contribution >= 0.6 is 0 Å². The number of rotatable bonds is 0. The van der Waals surface area contributed by atoms with Crippen LogP contribution < -0.4 is 0 Å². The molecule has 0 spiro atoms. The van der Waals surface area contributed by atoms with Crippen LogP contribution in [0.3, 0.4) is 0 Å². The fraction of sp³-hybridized carbons (Fsp3) is 0.286. The Hall–Kier alpha value is -1.38. The highest BCUT2D eigenvalue weighted by molar-refractivity contribution is 5.93. The van der Waals surface area contributed by atoms with Crippen molar-refractivity contribution in [2.45, 2.75) is 25.0 Å². The molecule has 2 aromatic carbocycles. The molecule has 2 atom stereocenters. The molecule has 82 valence electrons. The largest absolute Gasteiger partial charge is 0.382 e. The summed E-state index contributed by atoms with van der Waals surface area (Å²) in [5, 5.41) is 23.1. The zero-order valence-electron chi connectivity index (χ0n) is 9.36. The van der Waals surface area contributed by atoms with Crippen LogP contribution in [0, 0.1) is 0 Å². The highest BCUT2D eigenvalue weighted by Crippen LogP contribution is 2.51. The monoisotopic (exact) mass is 214 g/mol. The van der Waals surface area contributed by atoms with E-state index in [0.29, 0.717) is 0 Å². The molecule has 0 radical (unpaired) electrons. The van der Waals surface area contributed by atoms with Gasteiger partial charge < -0.3 is 10.2 Å². The minimum absolute atomic E-state index is 0.811. The van der Waals surface area contributed by atoms with Gasteiger partial charge in [0.25, 0.3) is 0 Å². The van der Waals surface area contributed by atoms with Crippen molar-refractivity contribution in [1.82, 2.24) is 0 Å². The fourth-order valence-corrected chi connectivity index (χ4v) is 2.68. The Balaban J connectivity index is 2.54. The van der Waals surface area contributed by atoms with Gasteiger partial charge in [-0.05, 0) is 35.7 Å². The molecule has 0 amide bonds. The quantitative estimate of drug-likeness (QED) is 0.706. The second-order valence-electron chi connectivity index (χ2n) is 4.85. The molecule has 0 aliphatic heterocycles. The maximum Gasteiger partial charge on any atom is 0.120 e. The van der Waals surface area contributed by atoms with Gasteiger partial charge in [-0.2, -0.15) is 0 Å². The molecule has 0 saturated carbocycles. The minimum Gasteiger partial charge on any atom is -0.382 e. The Morgan fingerprint density at radius 1 is 0.812 bits per heavy atom. The maximum absolute atomic E-state index is 10.5. The Bertz CT molecular complexity index is 534. The van der Waals surface area contributed by atoms with Gasteiger partial charge >= 0.3 is 0 Å². The first-order valence-electron chi connectivity index (χ1n) is 5.44. The van der Waals surface area contributed by atoms with E-state index >= 15 is 0 Å². The summed E-state index contributed by atoms with van der Waals surface area (Å²) in [4.78, 5) is 0. The van der Waals surface area contributed by atoms with E-state index in [1.165, 1.54) is 0 Å². The molecule has 2 heteroatoms. The summed E-state index contributed by atoms with van der Waals surface area (Å²) in [6.45, 7) is 3.34. The molecule has 1 aliphatic carbocycles. The van der Waals surface area contributed by atoms with Gasteiger partial charge in [-0.3, -0.25) is 0 Å². The second-order valence-corrected chi connectivity index (χ2v) is 4.85. The van der Waals surface area contributed by atoms with E-state index in [0.717, 1.165) is 21.9 Å². The molecular weight excluding hydrogens is 200 g/mol. The zero-order chi connectivity index (χ0) is 11.6. The number of hydrogen-bond acceptors (Lipinski definition) is 2. The van der Waals surface area contributed by atoms with Gasteiger partial charge in [-0.15, -0.1) is 0 Å². The average Bonchev–Trinajstić information content (AvgIpc) is 2.40. The van der Waals surface area contributed by atoms with E-state index in [1.807, 2.05) is 36.4 Å². The van der Waals surface area contributed by atoms with Crippen LogP contribution in [0.25, 0.3) is 10.8 Å². The van der Waals surface area contributed by atoms with Gasteiger partial charge in [0, 0.05) is 0 Å². The maximum atomic E-state index is 10.5. The summed E-state index contributed by atoms with van der Waals surface area (Å²) in [7, 11) is 0. The minimum atomic E-state index is -1.23. The molecule has 1 aliphatic rings. The fourth-order valence-electron chi connectivity index (χ4n) is 2.68. The summed E-state index contributed by atoms with van der Waals surface area (Å²) in [6.07, 6.45) is 0. The first-order valence-corrected chi connectivity index (χ1v) is 5.44. The van der Waals surface area contributed by atoms with Gasteiger partial charge in [0.15, 0.2) is 0 Å². The molecule has 2 N–H and O–H groups in total. The molecule has 0 fully saturated rings. The molecule has 0 bridgehead atoms. The molecule has 0 unspecified atom stereocenters. The van der Waals surface area contributed by atoms with Crippen molar-refractivity contribution in [3.8, 4) is 0 Å². The Morgan fingerprint density at radius 3 is 1.69 bits per heavy atom. The van der Waals surface area contributed by atoms with Crippen molar-refractivity contribution in [3.63, 3.8) is 0 Å². The highest BCUT2D eigenvalue weighted by atomic mass is 16.4. The molecule has 2 nitrogen and oxygen atoms in total. The van der Waals surface area contributed by atoms with Crippen molar-refractivity contribution < 1.29 is 10.2 Å². The lowest BCUT2D eigenvalue weighted by atomic mass is 9.84. The van der Waals surface area contributed by atoms with Crippen LogP contribution in [-0.4, -0.2) is 10.2 Å². The number of benzene rings is 2.